The topological polar surface area (TPSA) is 9.23 Å². The van der Waals surface area contributed by atoms with E-state index < -0.39 is 0 Å². The van der Waals surface area contributed by atoms with Gasteiger partial charge in [0.2, 0.25) is 0 Å². The van der Waals surface area contributed by atoms with Gasteiger partial charge in [0, 0.05) is 19.0 Å². The summed E-state index contributed by atoms with van der Waals surface area (Å²) in [5, 5.41) is 0. The van der Waals surface area contributed by atoms with Crippen molar-refractivity contribution in [2.24, 2.45) is 0 Å². The highest BCUT2D eigenvalue weighted by molar-refractivity contribution is 7.98. The fourth-order valence-electron chi connectivity index (χ4n) is 1.23. The summed E-state index contributed by atoms with van der Waals surface area (Å²) in [5.41, 5.74) is 1.40. The van der Waals surface area contributed by atoms with E-state index in [-0.39, 0.29) is 0 Å². The Balaban J connectivity index is 1.93. The van der Waals surface area contributed by atoms with Gasteiger partial charge in [-0.25, -0.2) is 0 Å². The Hall–Kier alpha value is -0.470. The van der Waals surface area contributed by atoms with E-state index in [1.165, 1.54) is 11.3 Å². The summed E-state index contributed by atoms with van der Waals surface area (Å²) >= 11 is 1.97. The van der Waals surface area contributed by atoms with E-state index in [2.05, 4.69) is 37.3 Å². The van der Waals surface area contributed by atoms with Gasteiger partial charge < -0.3 is 4.74 Å². The SMILES string of the molecule is [CH2]CCOCCCSCc1ccccc1. The van der Waals surface area contributed by atoms with Crippen molar-refractivity contribution < 1.29 is 4.74 Å². The Labute approximate surface area is 97.2 Å². The predicted molar refractivity (Wildman–Crippen MR) is 68.0 cm³/mol. The molecule has 0 heterocycles. The number of thioether (sulfide) groups is 1. The van der Waals surface area contributed by atoms with Gasteiger partial charge in [-0.15, -0.1) is 0 Å². The highest BCUT2D eigenvalue weighted by Gasteiger charge is 1.92. The minimum absolute atomic E-state index is 0.795. The first-order chi connectivity index (χ1) is 7.43. The summed E-state index contributed by atoms with van der Waals surface area (Å²) in [6, 6.07) is 10.6. The molecule has 0 fully saturated rings. The first kappa shape index (κ1) is 12.6. The van der Waals surface area contributed by atoms with Crippen LogP contribution in [0, 0.1) is 6.92 Å². The quantitative estimate of drug-likeness (QED) is 0.623. The standard InChI is InChI=1S/C13H19OS/c1-2-9-14-10-6-11-15-12-13-7-4-3-5-8-13/h3-5,7-8H,1-2,6,9-12H2. The van der Waals surface area contributed by atoms with Crippen molar-refractivity contribution in [2.45, 2.75) is 18.6 Å². The molecule has 0 saturated heterocycles. The molecule has 0 aliphatic heterocycles. The lowest BCUT2D eigenvalue weighted by atomic mass is 10.2. The fraction of sp³-hybridized carbons (Fsp3) is 0.462. The van der Waals surface area contributed by atoms with Gasteiger partial charge in [0.05, 0.1) is 0 Å². The van der Waals surface area contributed by atoms with E-state index in [0.717, 1.165) is 31.8 Å². The van der Waals surface area contributed by atoms with Crippen molar-refractivity contribution in [3.8, 4) is 0 Å². The van der Waals surface area contributed by atoms with Crippen molar-refractivity contribution in [3.63, 3.8) is 0 Å². The molecule has 0 N–H and O–H groups in total. The summed E-state index contributed by atoms with van der Waals surface area (Å²) in [6.07, 6.45) is 2.01. The monoisotopic (exact) mass is 223 g/mol. The van der Waals surface area contributed by atoms with Crippen LogP contribution in [0.1, 0.15) is 18.4 Å². The molecule has 15 heavy (non-hydrogen) atoms. The van der Waals surface area contributed by atoms with Crippen molar-refractivity contribution in [3.05, 3.63) is 42.8 Å². The average molecular weight is 223 g/mol. The van der Waals surface area contributed by atoms with Crippen LogP contribution < -0.4 is 0 Å². The zero-order valence-electron chi connectivity index (χ0n) is 9.15. The number of benzene rings is 1. The minimum Gasteiger partial charge on any atom is -0.381 e. The van der Waals surface area contributed by atoms with E-state index >= 15 is 0 Å². The van der Waals surface area contributed by atoms with Crippen LogP contribution in [0.15, 0.2) is 30.3 Å². The molecular weight excluding hydrogens is 204 g/mol. The van der Waals surface area contributed by atoms with Gasteiger partial charge in [-0.2, -0.15) is 11.8 Å². The molecule has 0 saturated carbocycles. The van der Waals surface area contributed by atoms with Gasteiger partial charge in [0.25, 0.3) is 0 Å². The molecule has 0 bridgehead atoms. The van der Waals surface area contributed by atoms with Gasteiger partial charge in [0.1, 0.15) is 0 Å². The van der Waals surface area contributed by atoms with Crippen LogP contribution in [-0.4, -0.2) is 19.0 Å². The van der Waals surface area contributed by atoms with Gasteiger partial charge in [-0.3, -0.25) is 0 Å². The van der Waals surface area contributed by atoms with Gasteiger partial charge in [-0.05, 0) is 24.2 Å². The molecule has 83 valence electrons. The fourth-order valence-corrected chi connectivity index (χ4v) is 2.13. The van der Waals surface area contributed by atoms with Gasteiger partial charge in [0.15, 0.2) is 0 Å². The molecule has 1 aromatic rings. The maximum absolute atomic E-state index is 5.36. The Bertz CT molecular complexity index is 236. The molecule has 0 unspecified atom stereocenters. The predicted octanol–water partition coefficient (Wildman–Crippen LogP) is 3.55. The molecular formula is C13H19OS. The zero-order chi connectivity index (χ0) is 10.8. The largest absolute Gasteiger partial charge is 0.381 e. The second kappa shape index (κ2) is 8.81. The van der Waals surface area contributed by atoms with Crippen molar-refractivity contribution in [1.82, 2.24) is 0 Å². The van der Waals surface area contributed by atoms with Crippen LogP contribution in [0.4, 0.5) is 0 Å². The zero-order valence-corrected chi connectivity index (χ0v) is 9.97. The molecule has 2 heteroatoms. The third-order valence-electron chi connectivity index (χ3n) is 1.98. The van der Waals surface area contributed by atoms with Crippen LogP contribution in [0.3, 0.4) is 0 Å². The number of rotatable bonds is 8. The second-order valence-corrected chi connectivity index (χ2v) is 4.46. The molecule has 0 atom stereocenters. The van der Waals surface area contributed by atoms with Crippen LogP contribution in [0.5, 0.6) is 0 Å². The first-order valence-corrected chi connectivity index (χ1v) is 6.57. The minimum atomic E-state index is 0.795. The van der Waals surface area contributed by atoms with E-state index in [4.69, 9.17) is 4.74 Å². The molecule has 0 aliphatic carbocycles. The summed E-state index contributed by atoms with van der Waals surface area (Å²) < 4.78 is 5.36. The van der Waals surface area contributed by atoms with E-state index in [0.29, 0.717) is 0 Å². The molecule has 0 aromatic heterocycles. The normalized spacial score (nSPS) is 10.5. The third-order valence-corrected chi connectivity index (χ3v) is 3.09. The average Bonchev–Trinajstić information content (AvgIpc) is 2.29. The van der Waals surface area contributed by atoms with Crippen LogP contribution in [0.25, 0.3) is 0 Å². The lowest BCUT2D eigenvalue weighted by molar-refractivity contribution is 0.140. The number of hydrogen-bond donors (Lipinski definition) is 0. The first-order valence-electron chi connectivity index (χ1n) is 5.42. The van der Waals surface area contributed by atoms with E-state index in [9.17, 15) is 0 Å². The molecule has 0 amide bonds. The van der Waals surface area contributed by atoms with Gasteiger partial charge in [-0.1, -0.05) is 37.3 Å². The molecule has 1 rings (SSSR count). The summed E-state index contributed by atoms with van der Waals surface area (Å²) in [5.74, 6) is 2.28. The maximum atomic E-state index is 5.36. The second-order valence-electron chi connectivity index (χ2n) is 3.36. The molecule has 1 radical (unpaired) electrons. The Kier molecular flexibility index (Phi) is 7.40. The molecule has 1 nitrogen and oxygen atoms in total. The Morgan fingerprint density at radius 2 is 1.93 bits per heavy atom. The van der Waals surface area contributed by atoms with E-state index in [1.807, 2.05) is 11.8 Å². The molecule has 0 aliphatic rings. The van der Waals surface area contributed by atoms with Gasteiger partial charge >= 0.3 is 0 Å². The Morgan fingerprint density at radius 1 is 1.13 bits per heavy atom. The van der Waals surface area contributed by atoms with Crippen molar-refractivity contribution in [1.29, 1.82) is 0 Å². The van der Waals surface area contributed by atoms with Crippen LogP contribution in [-0.2, 0) is 10.5 Å². The molecule has 1 aromatic carbocycles. The summed E-state index contributed by atoms with van der Waals surface area (Å²) in [7, 11) is 0. The summed E-state index contributed by atoms with van der Waals surface area (Å²) in [4.78, 5) is 0. The van der Waals surface area contributed by atoms with Crippen LogP contribution >= 0.6 is 11.8 Å². The smallest absolute Gasteiger partial charge is 0.0473 e. The lowest BCUT2D eigenvalue weighted by Crippen LogP contribution is -1.97. The Morgan fingerprint density at radius 3 is 2.67 bits per heavy atom. The highest BCUT2D eigenvalue weighted by atomic mass is 32.2. The number of hydrogen-bond acceptors (Lipinski definition) is 2. The van der Waals surface area contributed by atoms with Crippen molar-refractivity contribution >= 4 is 11.8 Å². The molecule has 0 spiro atoms. The third kappa shape index (κ3) is 6.58. The summed E-state index contributed by atoms with van der Waals surface area (Å²) in [6.45, 7) is 5.40. The lowest BCUT2D eigenvalue weighted by Gasteiger charge is -2.03. The van der Waals surface area contributed by atoms with Crippen LogP contribution in [0.2, 0.25) is 0 Å². The van der Waals surface area contributed by atoms with E-state index in [1.54, 1.807) is 0 Å². The maximum Gasteiger partial charge on any atom is 0.0473 e. The number of ether oxygens (including phenoxy) is 1. The highest BCUT2D eigenvalue weighted by Crippen LogP contribution is 2.12. The van der Waals surface area contributed by atoms with Crippen molar-refractivity contribution in [2.75, 3.05) is 19.0 Å².